The zero-order valence-corrected chi connectivity index (χ0v) is 10.9. The molecule has 0 saturated heterocycles. The summed E-state index contributed by atoms with van der Waals surface area (Å²) in [5.41, 5.74) is 1.13. The molecule has 0 aromatic carbocycles. The standard InChI is InChI=1S/C11H15N5OS/c1-17-6-5-12-7-9-3-2-4-13-10(9)18-11-14-8-15-16-11/h2-4,8,12H,5-7H2,1H3,(H,14,15,16). The van der Waals surface area contributed by atoms with E-state index in [1.165, 1.54) is 18.1 Å². The van der Waals surface area contributed by atoms with Gasteiger partial charge in [-0.3, -0.25) is 5.10 Å². The molecule has 96 valence electrons. The third-order valence-electron chi connectivity index (χ3n) is 2.23. The average molecular weight is 265 g/mol. The fraction of sp³-hybridized carbons (Fsp3) is 0.364. The summed E-state index contributed by atoms with van der Waals surface area (Å²) in [6.45, 7) is 2.27. The first-order chi connectivity index (χ1) is 8.90. The summed E-state index contributed by atoms with van der Waals surface area (Å²) in [4.78, 5) is 8.43. The van der Waals surface area contributed by atoms with Crippen LogP contribution < -0.4 is 5.32 Å². The van der Waals surface area contributed by atoms with Gasteiger partial charge >= 0.3 is 0 Å². The molecule has 2 aromatic heterocycles. The molecule has 0 saturated carbocycles. The molecule has 0 bridgehead atoms. The number of hydrogen-bond donors (Lipinski definition) is 2. The zero-order chi connectivity index (χ0) is 12.6. The molecule has 2 heterocycles. The number of hydrogen-bond acceptors (Lipinski definition) is 6. The maximum Gasteiger partial charge on any atom is 0.189 e. The van der Waals surface area contributed by atoms with Crippen LogP contribution in [0.2, 0.25) is 0 Å². The Labute approximate surface area is 110 Å². The van der Waals surface area contributed by atoms with Crippen LogP contribution >= 0.6 is 11.8 Å². The predicted octanol–water partition coefficient (Wildman–Crippen LogP) is 1.09. The minimum atomic E-state index is 0.699. The SMILES string of the molecule is COCCNCc1cccnc1Sc1ncn[nH]1. The average Bonchev–Trinajstić information content (AvgIpc) is 2.89. The second-order valence-electron chi connectivity index (χ2n) is 3.53. The Morgan fingerprint density at radius 1 is 1.44 bits per heavy atom. The molecule has 0 aliphatic heterocycles. The number of nitrogens with zero attached hydrogens (tertiary/aromatic N) is 3. The number of ether oxygens (including phenoxy) is 1. The molecule has 0 aliphatic carbocycles. The molecule has 0 amide bonds. The minimum Gasteiger partial charge on any atom is -0.383 e. The fourth-order valence-electron chi connectivity index (χ4n) is 1.38. The summed E-state index contributed by atoms with van der Waals surface area (Å²) in [5, 5.41) is 11.6. The first-order valence-corrected chi connectivity index (χ1v) is 6.38. The van der Waals surface area contributed by atoms with Crippen molar-refractivity contribution in [2.24, 2.45) is 0 Å². The molecule has 0 spiro atoms. The lowest BCUT2D eigenvalue weighted by molar-refractivity contribution is 0.199. The van der Waals surface area contributed by atoms with Crippen molar-refractivity contribution in [3.8, 4) is 0 Å². The minimum absolute atomic E-state index is 0.699. The smallest absolute Gasteiger partial charge is 0.189 e. The van der Waals surface area contributed by atoms with E-state index in [4.69, 9.17) is 4.74 Å². The molecule has 6 nitrogen and oxygen atoms in total. The van der Waals surface area contributed by atoms with Gasteiger partial charge in [-0.15, -0.1) is 0 Å². The van der Waals surface area contributed by atoms with Crippen molar-refractivity contribution in [2.75, 3.05) is 20.3 Å². The highest BCUT2D eigenvalue weighted by atomic mass is 32.2. The molecule has 2 aromatic rings. The van der Waals surface area contributed by atoms with Crippen LogP contribution in [0.3, 0.4) is 0 Å². The largest absolute Gasteiger partial charge is 0.383 e. The zero-order valence-electron chi connectivity index (χ0n) is 10.1. The molecule has 2 N–H and O–H groups in total. The first kappa shape index (κ1) is 13.0. The van der Waals surface area contributed by atoms with E-state index in [1.807, 2.05) is 12.1 Å². The van der Waals surface area contributed by atoms with Gasteiger partial charge in [0.25, 0.3) is 0 Å². The Morgan fingerprint density at radius 3 is 3.17 bits per heavy atom. The van der Waals surface area contributed by atoms with E-state index >= 15 is 0 Å². The van der Waals surface area contributed by atoms with Gasteiger partial charge in [-0.25, -0.2) is 9.97 Å². The van der Waals surface area contributed by atoms with Gasteiger partial charge in [-0.1, -0.05) is 6.07 Å². The van der Waals surface area contributed by atoms with Crippen LogP contribution in [-0.4, -0.2) is 40.4 Å². The number of aromatic nitrogens is 4. The predicted molar refractivity (Wildman–Crippen MR) is 68.3 cm³/mol. The summed E-state index contributed by atoms with van der Waals surface area (Å²) in [6, 6.07) is 3.98. The lowest BCUT2D eigenvalue weighted by atomic mass is 10.3. The van der Waals surface area contributed by atoms with Crippen LogP contribution in [0.4, 0.5) is 0 Å². The Bertz CT molecular complexity index is 462. The molecule has 0 aliphatic rings. The van der Waals surface area contributed by atoms with E-state index in [1.54, 1.807) is 13.3 Å². The van der Waals surface area contributed by atoms with Crippen LogP contribution in [0.5, 0.6) is 0 Å². The van der Waals surface area contributed by atoms with Crippen molar-refractivity contribution in [1.82, 2.24) is 25.5 Å². The number of methoxy groups -OCH3 is 1. The molecule has 0 unspecified atom stereocenters. The van der Waals surface area contributed by atoms with E-state index in [2.05, 4.69) is 25.5 Å². The van der Waals surface area contributed by atoms with E-state index < -0.39 is 0 Å². The van der Waals surface area contributed by atoms with Crippen LogP contribution in [0.1, 0.15) is 5.56 Å². The molecule has 0 fully saturated rings. The maximum absolute atomic E-state index is 4.99. The summed E-state index contributed by atoms with van der Waals surface area (Å²) in [6.07, 6.45) is 3.26. The van der Waals surface area contributed by atoms with E-state index in [9.17, 15) is 0 Å². The van der Waals surface area contributed by atoms with Crippen molar-refractivity contribution < 1.29 is 4.74 Å². The summed E-state index contributed by atoms with van der Waals surface area (Å²) < 4.78 is 4.99. The van der Waals surface area contributed by atoms with Gasteiger partial charge in [0.2, 0.25) is 0 Å². The Kier molecular flexibility index (Phi) is 5.13. The van der Waals surface area contributed by atoms with Crippen LogP contribution in [0.15, 0.2) is 34.8 Å². The lowest BCUT2D eigenvalue weighted by Gasteiger charge is -2.07. The van der Waals surface area contributed by atoms with Crippen LogP contribution in [-0.2, 0) is 11.3 Å². The van der Waals surface area contributed by atoms with Gasteiger partial charge in [0, 0.05) is 26.4 Å². The monoisotopic (exact) mass is 265 g/mol. The Morgan fingerprint density at radius 2 is 2.39 bits per heavy atom. The van der Waals surface area contributed by atoms with Crippen molar-refractivity contribution in [1.29, 1.82) is 0 Å². The van der Waals surface area contributed by atoms with Crippen LogP contribution in [0, 0.1) is 0 Å². The van der Waals surface area contributed by atoms with E-state index in [0.717, 1.165) is 28.8 Å². The molecular formula is C11H15N5OS. The fourth-order valence-corrected chi connectivity index (χ4v) is 2.15. The summed E-state index contributed by atoms with van der Waals surface area (Å²) in [7, 11) is 1.69. The second kappa shape index (κ2) is 7.10. The maximum atomic E-state index is 4.99. The highest BCUT2D eigenvalue weighted by molar-refractivity contribution is 7.99. The topological polar surface area (TPSA) is 75.7 Å². The Hall–Kier alpha value is -1.44. The van der Waals surface area contributed by atoms with Crippen LogP contribution in [0.25, 0.3) is 0 Å². The number of aromatic amines is 1. The molecule has 0 radical (unpaired) electrons. The van der Waals surface area contributed by atoms with Gasteiger partial charge in [0.05, 0.1) is 6.61 Å². The summed E-state index contributed by atoms with van der Waals surface area (Å²) >= 11 is 1.47. The molecule has 2 rings (SSSR count). The quantitative estimate of drug-likeness (QED) is 0.730. The highest BCUT2D eigenvalue weighted by Crippen LogP contribution is 2.24. The van der Waals surface area contributed by atoms with E-state index in [-0.39, 0.29) is 0 Å². The Balaban J connectivity index is 1.97. The molecule has 0 atom stereocenters. The van der Waals surface area contributed by atoms with Crippen molar-refractivity contribution in [3.63, 3.8) is 0 Å². The van der Waals surface area contributed by atoms with Gasteiger partial charge in [0.15, 0.2) is 5.16 Å². The number of nitrogens with one attached hydrogen (secondary N) is 2. The summed E-state index contributed by atoms with van der Waals surface area (Å²) in [5.74, 6) is 0. The van der Waals surface area contributed by atoms with Crippen molar-refractivity contribution >= 4 is 11.8 Å². The third kappa shape index (κ3) is 3.80. The van der Waals surface area contributed by atoms with E-state index in [0.29, 0.717) is 6.61 Å². The number of H-pyrrole nitrogens is 1. The third-order valence-corrected chi connectivity index (χ3v) is 3.19. The van der Waals surface area contributed by atoms with Crippen molar-refractivity contribution in [2.45, 2.75) is 16.7 Å². The van der Waals surface area contributed by atoms with Gasteiger partial charge < -0.3 is 10.1 Å². The number of pyridine rings is 1. The van der Waals surface area contributed by atoms with Crippen molar-refractivity contribution in [3.05, 3.63) is 30.2 Å². The lowest BCUT2D eigenvalue weighted by Crippen LogP contribution is -2.19. The first-order valence-electron chi connectivity index (χ1n) is 5.57. The van der Waals surface area contributed by atoms with Gasteiger partial charge in [-0.2, -0.15) is 5.10 Å². The normalized spacial score (nSPS) is 10.7. The number of rotatable bonds is 7. The molecular weight excluding hydrogens is 250 g/mol. The second-order valence-corrected chi connectivity index (χ2v) is 4.51. The highest BCUT2D eigenvalue weighted by Gasteiger charge is 2.06. The van der Waals surface area contributed by atoms with Gasteiger partial charge in [-0.05, 0) is 23.4 Å². The molecule has 18 heavy (non-hydrogen) atoms. The van der Waals surface area contributed by atoms with Gasteiger partial charge in [0.1, 0.15) is 11.4 Å². The molecule has 7 heteroatoms.